The average molecular weight is 521 g/mol. The number of hydrogen-bond donors (Lipinski definition) is 1. The van der Waals surface area contributed by atoms with Crippen LogP contribution < -0.4 is 15.0 Å². The fraction of sp³-hybridized carbons (Fsp3) is 0. The van der Waals surface area contributed by atoms with Crippen LogP contribution in [0.4, 0.5) is 5.69 Å². The molecule has 1 aliphatic heterocycles. The Hall–Kier alpha value is -5.08. The molecule has 0 aliphatic carbocycles. The highest BCUT2D eigenvalue weighted by Gasteiger charge is 2.34. The van der Waals surface area contributed by atoms with Crippen molar-refractivity contribution in [3.8, 4) is 11.5 Å². The maximum absolute atomic E-state index is 13.3. The van der Waals surface area contributed by atoms with E-state index in [-0.39, 0.29) is 22.2 Å². The van der Waals surface area contributed by atoms with E-state index in [1.54, 1.807) is 60.7 Å². The molecule has 0 atom stereocenters. The van der Waals surface area contributed by atoms with Crippen LogP contribution in [0.3, 0.4) is 0 Å². The third kappa shape index (κ3) is 5.50. The number of nitrogens with zero attached hydrogens (tertiary/aromatic N) is 1. The molecule has 1 saturated heterocycles. The van der Waals surface area contributed by atoms with Gasteiger partial charge in [0.25, 0.3) is 11.8 Å². The number of rotatable bonds is 7. The summed E-state index contributed by atoms with van der Waals surface area (Å²) < 4.78 is 11.5. The van der Waals surface area contributed by atoms with Gasteiger partial charge in [0.15, 0.2) is 10.9 Å². The molecule has 4 aromatic rings. The summed E-state index contributed by atoms with van der Waals surface area (Å²) in [5, 5.41) is 2.51. The summed E-state index contributed by atoms with van der Waals surface area (Å²) in [4.78, 5) is 39.4. The molecule has 1 N–H and O–H groups in total. The molecule has 8 heteroatoms. The van der Waals surface area contributed by atoms with E-state index in [0.29, 0.717) is 28.5 Å². The Morgan fingerprint density at radius 3 is 2.16 bits per heavy atom. The van der Waals surface area contributed by atoms with Crippen LogP contribution in [-0.2, 0) is 9.59 Å². The van der Waals surface area contributed by atoms with Crippen molar-refractivity contribution >= 4 is 52.8 Å². The van der Waals surface area contributed by atoms with E-state index in [4.69, 9.17) is 21.4 Å². The predicted molar refractivity (Wildman–Crippen MR) is 148 cm³/mol. The van der Waals surface area contributed by atoms with Gasteiger partial charge in [0.1, 0.15) is 28.6 Å². The molecule has 0 radical (unpaired) electrons. The molecule has 0 saturated carbocycles. The van der Waals surface area contributed by atoms with Crippen LogP contribution >= 0.6 is 12.2 Å². The third-order valence-corrected chi connectivity index (χ3v) is 5.85. The summed E-state index contributed by atoms with van der Waals surface area (Å²) >= 11 is 5.27. The molecule has 3 aromatic carbocycles. The van der Waals surface area contributed by atoms with Crippen LogP contribution in [0.1, 0.15) is 21.9 Å². The van der Waals surface area contributed by atoms with E-state index in [9.17, 15) is 14.4 Å². The second-order valence-corrected chi connectivity index (χ2v) is 8.56. The molecule has 2 amide bonds. The zero-order valence-electron chi connectivity index (χ0n) is 19.9. The van der Waals surface area contributed by atoms with E-state index in [2.05, 4.69) is 5.32 Å². The van der Waals surface area contributed by atoms with Gasteiger partial charge in [-0.05, 0) is 79.0 Å². The molecule has 2 heterocycles. The molecule has 186 valence electrons. The third-order valence-electron chi connectivity index (χ3n) is 5.57. The van der Waals surface area contributed by atoms with Crippen molar-refractivity contribution < 1.29 is 23.5 Å². The van der Waals surface area contributed by atoms with Crippen LogP contribution in [-0.4, -0.2) is 22.7 Å². The van der Waals surface area contributed by atoms with Crippen molar-refractivity contribution in [1.29, 1.82) is 0 Å². The molecule has 0 spiro atoms. The minimum absolute atomic E-state index is 0.0311. The lowest BCUT2D eigenvalue weighted by Crippen LogP contribution is -2.54. The lowest BCUT2D eigenvalue weighted by atomic mass is 10.1. The zero-order chi connectivity index (χ0) is 26.5. The highest BCUT2D eigenvalue weighted by Crippen LogP contribution is 2.27. The van der Waals surface area contributed by atoms with Crippen molar-refractivity contribution in [1.82, 2.24) is 5.32 Å². The quantitative estimate of drug-likeness (QED) is 0.143. The van der Waals surface area contributed by atoms with Crippen molar-refractivity contribution in [2.75, 3.05) is 4.90 Å². The number of anilines is 1. The minimum Gasteiger partial charge on any atom is -0.457 e. The molecule has 1 fully saturated rings. The Bertz CT molecular complexity index is 1570. The predicted octanol–water partition coefficient (Wildman–Crippen LogP) is 5.80. The molecule has 1 aliphatic rings. The smallest absolute Gasteiger partial charge is 0.270 e. The Morgan fingerprint density at radius 1 is 0.816 bits per heavy atom. The molecular formula is C30H20N2O5S. The van der Waals surface area contributed by atoms with Gasteiger partial charge in [-0.25, -0.2) is 0 Å². The van der Waals surface area contributed by atoms with Crippen LogP contribution in [0.15, 0.2) is 113 Å². The van der Waals surface area contributed by atoms with E-state index in [1.807, 2.05) is 36.4 Å². The number of allylic oxidation sites excluding steroid dienone is 1. The van der Waals surface area contributed by atoms with Gasteiger partial charge in [0.05, 0.1) is 5.69 Å². The first kappa shape index (κ1) is 24.6. The lowest BCUT2D eigenvalue weighted by molar-refractivity contribution is -0.122. The number of amides is 2. The monoisotopic (exact) mass is 520 g/mol. The maximum atomic E-state index is 13.3. The van der Waals surface area contributed by atoms with Crippen LogP contribution in [0.2, 0.25) is 0 Å². The van der Waals surface area contributed by atoms with Crippen molar-refractivity contribution in [3.63, 3.8) is 0 Å². The van der Waals surface area contributed by atoms with E-state index in [0.717, 1.165) is 0 Å². The van der Waals surface area contributed by atoms with Gasteiger partial charge in [-0.1, -0.05) is 48.5 Å². The van der Waals surface area contributed by atoms with Gasteiger partial charge in [-0.3, -0.25) is 24.6 Å². The molecule has 1 aromatic heterocycles. The van der Waals surface area contributed by atoms with Crippen LogP contribution in [0, 0.1) is 0 Å². The second-order valence-electron chi connectivity index (χ2n) is 8.17. The second kappa shape index (κ2) is 10.9. The largest absolute Gasteiger partial charge is 0.457 e. The Labute approximate surface area is 223 Å². The summed E-state index contributed by atoms with van der Waals surface area (Å²) in [6.07, 6.45) is 4.27. The Morgan fingerprint density at radius 2 is 1.45 bits per heavy atom. The topological polar surface area (TPSA) is 88.9 Å². The lowest BCUT2D eigenvalue weighted by Gasteiger charge is -2.28. The summed E-state index contributed by atoms with van der Waals surface area (Å²) in [5.41, 5.74) is 0.875. The minimum atomic E-state index is -0.631. The van der Waals surface area contributed by atoms with E-state index < -0.39 is 11.8 Å². The first-order valence-electron chi connectivity index (χ1n) is 11.6. The summed E-state index contributed by atoms with van der Waals surface area (Å²) in [7, 11) is 0. The van der Waals surface area contributed by atoms with Gasteiger partial charge in [-0.2, -0.15) is 0 Å². The van der Waals surface area contributed by atoms with E-state index >= 15 is 0 Å². The van der Waals surface area contributed by atoms with Gasteiger partial charge in [0.2, 0.25) is 0 Å². The van der Waals surface area contributed by atoms with E-state index in [1.165, 1.54) is 23.1 Å². The number of ketones is 1. The van der Waals surface area contributed by atoms with Crippen molar-refractivity contribution in [2.45, 2.75) is 0 Å². The summed E-state index contributed by atoms with van der Waals surface area (Å²) in [5.74, 6) is 0.529. The number of hydrogen-bond acceptors (Lipinski definition) is 6. The summed E-state index contributed by atoms with van der Waals surface area (Å²) in [6, 6.07) is 28.2. The molecule has 0 unspecified atom stereocenters. The fourth-order valence-electron chi connectivity index (χ4n) is 3.71. The number of nitrogens with one attached hydrogen (secondary N) is 1. The normalized spacial score (nSPS) is 14.7. The molecular weight excluding hydrogens is 500 g/mol. The van der Waals surface area contributed by atoms with Crippen LogP contribution in [0.5, 0.6) is 11.5 Å². The Balaban J connectivity index is 1.32. The first-order chi connectivity index (χ1) is 18.5. The standard InChI is InChI=1S/C30H20N2O5S/c33-27(20-7-3-1-4-8-20)18-17-24-15-16-25(37-24)19-26-28(34)31-30(38)32(29(26)35)21-11-13-23(14-12-21)36-22-9-5-2-6-10-22/h1-19H,(H,31,34,38)/b18-17+,26-19-. The fourth-order valence-corrected chi connectivity index (χ4v) is 4.00. The number of benzene rings is 3. The molecule has 0 bridgehead atoms. The number of ether oxygens (including phenoxy) is 1. The van der Waals surface area contributed by atoms with Crippen molar-refractivity contribution in [2.24, 2.45) is 0 Å². The van der Waals surface area contributed by atoms with Crippen molar-refractivity contribution in [3.05, 3.63) is 126 Å². The zero-order valence-corrected chi connectivity index (χ0v) is 20.7. The highest BCUT2D eigenvalue weighted by atomic mass is 32.1. The molecule has 7 nitrogen and oxygen atoms in total. The van der Waals surface area contributed by atoms with Gasteiger partial charge in [-0.15, -0.1) is 0 Å². The number of carbonyl (C=O) groups is 3. The van der Waals surface area contributed by atoms with Gasteiger partial charge >= 0.3 is 0 Å². The number of furan rings is 1. The van der Waals surface area contributed by atoms with Crippen LogP contribution in [0.25, 0.3) is 12.2 Å². The number of para-hydroxylation sites is 1. The SMILES string of the molecule is O=C1NC(=S)N(c2ccc(Oc3ccccc3)cc2)C(=O)/C1=C\c1ccc(/C=C/C(=O)c2ccccc2)o1. The molecule has 5 rings (SSSR count). The Kier molecular flexibility index (Phi) is 7.06. The maximum Gasteiger partial charge on any atom is 0.270 e. The highest BCUT2D eigenvalue weighted by molar-refractivity contribution is 7.80. The summed E-state index contributed by atoms with van der Waals surface area (Å²) in [6.45, 7) is 0. The first-order valence-corrected chi connectivity index (χ1v) is 12.0. The van der Waals surface area contributed by atoms with Gasteiger partial charge in [0, 0.05) is 5.56 Å². The van der Waals surface area contributed by atoms with Gasteiger partial charge < -0.3 is 9.15 Å². The number of thiocarbonyl (C=S) groups is 1. The average Bonchev–Trinajstić information content (AvgIpc) is 3.39. The molecule has 38 heavy (non-hydrogen) atoms. The number of carbonyl (C=O) groups excluding carboxylic acids is 3.